The fourth-order valence-corrected chi connectivity index (χ4v) is 3.73. The van der Waals surface area contributed by atoms with E-state index in [1.165, 1.54) is 58.2 Å². The van der Waals surface area contributed by atoms with Crippen LogP contribution < -0.4 is 0 Å². The van der Waals surface area contributed by atoms with Crippen LogP contribution in [0.25, 0.3) is 0 Å². The van der Waals surface area contributed by atoms with Crippen LogP contribution in [0.5, 0.6) is 0 Å². The molecule has 1 heterocycles. The molecule has 0 atom stereocenters. The number of benzene rings is 1. The molecule has 0 aromatic heterocycles. The Kier molecular flexibility index (Phi) is 3.99. The normalized spacial score (nSPS) is 23.6. The van der Waals surface area contributed by atoms with Crippen LogP contribution in [0.2, 0.25) is 0 Å². The maximum absolute atomic E-state index is 2.72. The van der Waals surface area contributed by atoms with E-state index < -0.39 is 0 Å². The van der Waals surface area contributed by atoms with Crippen molar-refractivity contribution >= 4 is 0 Å². The highest BCUT2D eigenvalue weighted by molar-refractivity contribution is 5.19. The molecule has 1 heteroatoms. The van der Waals surface area contributed by atoms with Crippen molar-refractivity contribution in [3.8, 4) is 0 Å². The summed E-state index contributed by atoms with van der Waals surface area (Å²) in [6.45, 7) is 4.01. The maximum Gasteiger partial charge on any atom is 0.000966 e. The lowest BCUT2D eigenvalue weighted by atomic mass is 9.89. The molecule has 1 aromatic rings. The smallest absolute Gasteiger partial charge is 0.000966 e. The van der Waals surface area contributed by atoms with Crippen molar-refractivity contribution in [1.29, 1.82) is 0 Å². The van der Waals surface area contributed by atoms with Gasteiger partial charge in [0.25, 0.3) is 0 Å². The summed E-state index contributed by atoms with van der Waals surface area (Å²) in [5.41, 5.74) is 1.55. The van der Waals surface area contributed by atoms with Crippen LogP contribution >= 0.6 is 0 Å². The Balaban J connectivity index is 1.49. The Morgan fingerprint density at radius 1 is 0.889 bits per heavy atom. The van der Waals surface area contributed by atoms with Crippen LogP contribution in [0.4, 0.5) is 0 Å². The minimum Gasteiger partial charge on any atom is -0.303 e. The summed E-state index contributed by atoms with van der Waals surface area (Å²) in [6.07, 6.45) is 8.64. The van der Waals surface area contributed by atoms with E-state index in [1.807, 2.05) is 0 Å². The molecule has 0 unspecified atom stereocenters. The van der Waals surface area contributed by atoms with Gasteiger partial charge >= 0.3 is 0 Å². The first kappa shape index (κ1) is 12.2. The summed E-state index contributed by atoms with van der Waals surface area (Å²) < 4.78 is 0. The first-order chi connectivity index (χ1) is 8.92. The number of hydrogen-bond acceptors (Lipinski definition) is 1. The number of hydrogen-bond donors (Lipinski definition) is 0. The van der Waals surface area contributed by atoms with Gasteiger partial charge in [-0.1, -0.05) is 43.2 Å². The molecule has 2 fully saturated rings. The van der Waals surface area contributed by atoms with E-state index in [0.717, 1.165) is 11.8 Å². The molecular formula is C17H25N. The Hall–Kier alpha value is -0.820. The third-order valence-corrected chi connectivity index (χ3v) is 4.85. The predicted octanol–water partition coefficient (Wildman–Crippen LogP) is 4.06. The van der Waals surface area contributed by atoms with Crippen LogP contribution in [0, 0.1) is 5.92 Å². The predicted molar refractivity (Wildman–Crippen MR) is 76.8 cm³/mol. The summed E-state index contributed by atoms with van der Waals surface area (Å²) >= 11 is 0. The highest BCUT2D eigenvalue weighted by Gasteiger charge is 2.23. The fourth-order valence-electron chi connectivity index (χ4n) is 3.73. The van der Waals surface area contributed by atoms with Gasteiger partial charge in [0.05, 0.1) is 0 Å². The fraction of sp³-hybridized carbons (Fsp3) is 0.647. The summed E-state index contributed by atoms with van der Waals surface area (Å²) in [5.74, 6) is 1.82. The van der Waals surface area contributed by atoms with Crippen molar-refractivity contribution in [3.63, 3.8) is 0 Å². The van der Waals surface area contributed by atoms with E-state index in [9.17, 15) is 0 Å². The monoisotopic (exact) mass is 243 g/mol. The topological polar surface area (TPSA) is 3.24 Å². The second-order valence-corrected chi connectivity index (χ2v) is 6.14. The van der Waals surface area contributed by atoms with Gasteiger partial charge in [0.2, 0.25) is 0 Å². The molecule has 0 amide bonds. The first-order valence-corrected chi connectivity index (χ1v) is 7.69. The lowest BCUT2D eigenvalue weighted by Crippen LogP contribution is -2.36. The molecule has 0 bridgehead atoms. The molecule has 1 saturated heterocycles. The van der Waals surface area contributed by atoms with Crippen molar-refractivity contribution in [1.82, 2.24) is 4.90 Å². The summed E-state index contributed by atoms with van der Waals surface area (Å²) in [5, 5.41) is 0. The standard InChI is InChI=1S/C17H25N/c1-2-8-16(9-3-1)17-10-12-18(13-11-17)14-15-6-4-5-7-15/h1-3,8-9,15,17H,4-7,10-14H2. The van der Waals surface area contributed by atoms with Gasteiger partial charge in [0, 0.05) is 6.54 Å². The molecule has 18 heavy (non-hydrogen) atoms. The van der Waals surface area contributed by atoms with Gasteiger partial charge in [-0.15, -0.1) is 0 Å². The van der Waals surface area contributed by atoms with E-state index >= 15 is 0 Å². The maximum atomic E-state index is 2.72. The first-order valence-electron chi connectivity index (χ1n) is 7.69. The lowest BCUT2D eigenvalue weighted by Gasteiger charge is -2.33. The van der Waals surface area contributed by atoms with Gasteiger partial charge < -0.3 is 4.90 Å². The Bertz CT molecular complexity index is 345. The van der Waals surface area contributed by atoms with E-state index in [0.29, 0.717) is 0 Å². The van der Waals surface area contributed by atoms with Crippen molar-refractivity contribution in [3.05, 3.63) is 35.9 Å². The second kappa shape index (κ2) is 5.88. The molecule has 2 aliphatic rings. The van der Waals surface area contributed by atoms with Gasteiger partial charge in [-0.25, -0.2) is 0 Å². The van der Waals surface area contributed by atoms with Crippen LogP contribution in [-0.2, 0) is 0 Å². The molecule has 1 aliphatic heterocycles. The zero-order chi connectivity index (χ0) is 12.2. The number of likely N-dealkylation sites (tertiary alicyclic amines) is 1. The van der Waals surface area contributed by atoms with Crippen LogP contribution in [0.3, 0.4) is 0 Å². The van der Waals surface area contributed by atoms with Gasteiger partial charge in [0.1, 0.15) is 0 Å². The highest BCUT2D eigenvalue weighted by Crippen LogP contribution is 2.30. The summed E-state index contributed by atoms with van der Waals surface area (Å²) in [4.78, 5) is 2.72. The van der Waals surface area contributed by atoms with Gasteiger partial charge in [-0.05, 0) is 56.2 Å². The number of rotatable bonds is 3. The zero-order valence-electron chi connectivity index (χ0n) is 11.4. The Morgan fingerprint density at radius 2 is 1.56 bits per heavy atom. The average molecular weight is 243 g/mol. The van der Waals surface area contributed by atoms with Crippen molar-refractivity contribution < 1.29 is 0 Å². The molecule has 1 saturated carbocycles. The molecule has 98 valence electrons. The van der Waals surface area contributed by atoms with E-state index in [-0.39, 0.29) is 0 Å². The Labute approximate surface area is 111 Å². The number of nitrogens with zero attached hydrogens (tertiary/aromatic N) is 1. The zero-order valence-corrected chi connectivity index (χ0v) is 11.4. The molecule has 1 aromatic carbocycles. The minimum absolute atomic E-state index is 0.811. The van der Waals surface area contributed by atoms with E-state index in [4.69, 9.17) is 0 Å². The largest absolute Gasteiger partial charge is 0.303 e. The average Bonchev–Trinajstić information content (AvgIpc) is 2.94. The van der Waals surface area contributed by atoms with E-state index in [2.05, 4.69) is 35.2 Å². The molecule has 0 N–H and O–H groups in total. The quantitative estimate of drug-likeness (QED) is 0.774. The van der Waals surface area contributed by atoms with Crippen molar-refractivity contribution in [2.24, 2.45) is 5.92 Å². The third kappa shape index (κ3) is 2.95. The van der Waals surface area contributed by atoms with Gasteiger partial charge in [-0.3, -0.25) is 0 Å². The SMILES string of the molecule is c1ccc(C2CCN(CC3CCCC3)CC2)cc1. The molecule has 0 spiro atoms. The van der Waals surface area contributed by atoms with Crippen LogP contribution in [0.15, 0.2) is 30.3 Å². The summed E-state index contributed by atoms with van der Waals surface area (Å²) in [6, 6.07) is 11.1. The Morgan fingerprint density at radius 3 is 2.22 bits per heavy atom. The molecule has 1 nitrogen and oxygen atoms in total. The van der Waals surface area contributed by atoms with Gasteiger partial charge in [-0.2, -0.15) is 0 Å². The van der Waals surface area contributed by atoms with Crippen molar-refractivity contribution in [2.75, 3.05) is 19.6 Å². The van der Waals surface area contributed by atoms with E-state index in [1.54, 1.807) is 5.56 Å². The minimum atomic E-state index is 0.811. The van der Waals surface area contributed by atoms with Crippen molar-refractivity contribution in [2.45, 2.75) is 44.4 Å². The summed E-state index contributed by atoms with van der Waals surface area (Å²) in [7, 11) is 0. The molecule has 3 rings (SSSR count). The van der Waals surface area contributed by atoms with Crippen LogP contribution in [0.1, 0.15) is 50.0 Å². The molecular weight excluding hydrogens is 218 g/mol. The lowest BCUT2D eigenvalue weighted by molar-refractivity contribution is 0.183. The van der Waals surface area contributed by atoms with Crippen LogP contribution in [-0.4, -0.2) is 24.5 Å². The molecule has 0 radical (unpaired) electrons. The second-order valence-electron chi connectivity index (χ2n) is 6.14. The third-order valence-electron chi connectivity index (χ3n) is 4.85. The number of piperidine rings is 1. The molecule has 1 aliphatic carbocycles. The highest BCUT2D eigenvalue weighted by atomic mass is 15.1. The van der Waals surface area contributed by atoms with Gasteiger partial charge in [0.15, 0.2) is 0 Å².